The van der Waals surface area contributed by atoms with Crippen molar-refractivity contribution >= 4 is 33.1 Å². The third-order valence-corrected chi connectivity index (χ3v) is 6.30. The SMILES string of the molecule is COc1cc(NS(=O)c2ccc(C)cc2)c(-c2c(N)ccc3ccccc23)cc1OC. The minimum atomic E-state index is -1.47. The van der Waals surface area contributed by atoms with Crippen LogP contribution in [0.1, 0.15) is 5.56 Å². The number of fused-ring (bicyclic) bond motifs is 1. The molecule has 0 saturated heterocycles. The van der Waals surface area contributed by atoms with Gasteiger partial charge in [0, 0.05) is 22.9 Å². The van der Waals surface area contributed by atoms with Crippen LogP contribution in [0.2, 0.25) is 0 Å². The van der Waals surface area contributed by atoms with Crippen LogP contribution in [0.15, 0.2) is 77.7 Å². The van der Waals surface area contributed by atoms with Crippen LogP contribution >= 0.6 is 0 Å². The third-order valence-electron chi connectivity index (χ3n) is 5.19. The lowest BCUT2D eigenvalue weighted by Crippen LogP contribution is -2.07. The third kappa shape index (κ3) is 4.07. The van der Waals surface area contributed by atoms with Gasteiger partial charge < -0.3 is 19.9 Å². The van der Waals surface area contributed by atoms with Crippen LogP contribution in [-0.2, 0) is 11.0 Å². The van der Waals surface area contributed by atoms with E-state index in [4.69, 9.17) is 15.2 Å². The number of hydrogen-bond donors (Lipinski definition) is 2. The number of nitrogens with two attached hydrogens (primary N) is 1. The fourth-order valence-corrected chi connectivity index (χ4v) is 4.45. The maximum atomic E-state index is 13.1. The summed E-state index contributed by atoms with van der Waals surface area (Å²) in [7, 11) is 1.69. The molecule has 0 radical (unpaired) electrons. The molecule has 0 aliphatic carbocycles. The summed E-state index contributed by atoms with van der Waals surface area (Å²) in [6.45, 7) is 2.00. The molecular weight excluding hydrogens is 408 g/mol. The van der Waals surface area contributed by atoms with Crippen LogP contribution in [0.3, 0.4) is 0 Å². The maximum Gasteiger partial charge on any atom is 0.162 e. The van der Waals surface area contributed by atoms with Crippen molar-refractivity contribution in [3.05, 3.63) is 78.4 Å². The van der Waals surface area contributed by atoms with Gasteiger partial charge in [0.1, 0.15) is 11.0 Å². The predicted octanol–water partition coefficient (Wildman–Crippen LogP) is 5.55. The van der Waals surface area contributed by atoms with Crippen molar-refractivity contribution in [2.75, 3.05) is 24.7 Å². The molecule has 158 valence electrons. The number of nitrogen functional groups attached to an aromatic ring is 1. The summed E-state index contributed by atoms with van der Waals surface area (Å²) >= 11 is 0. The molecule has 0 heterocycles. The lowest BCUT2D eigenvalue weighted by molar-refractivity contribution is 0.355. The molecule has 1 atom stereocenters. The van der Waals surface area contributed by atoms with E-state index in [0.717, 1.165) is 27.5 Å². The molecule has 0 aromatic heterocycles. The van der Waals surface area contributed by atoms with Crippen LogP contribution in [0.25, 0.3) is 21.9 Å². The average Bonchev–Trinajstić information content (AvgIpc) is 2.79. The topological polar surface area (TPSA) is 73.6 Å². The second kappa shape index (κ2) is 8.70. The van der Waals surface area contributed by atoms with Crippen LogP contribution in [-0.4, -0.2) is 18.4 Å². The monoisotopic (exact) mass is 432 g/mol. The number of nitrogens with one attached hydrogen (secondary N) is 1. The fourth-order valence-electron chi connectivity index (χ4n) is 3.58. The molecule has 5 nitrogen and oxygen atoms in total. The fraction of sp³-hybridized carbons (Fsp3) is 0.120. The molecular formula is C25H24N2O3S. The number of benzene rings is 4. The predicted molar refractivity (Wildman–Crippen MR) is 128 cm³/mol. The summed E-state index contributed by atoms with van der Waals surface area (Å²) < 4.78 is 27.3. The number of hydrogen-bond acceptors (Lipinski definition) is 4. The van der Waals surface area contributed by atoms with Gasteiger partial charge in [-0.2, -0.15) is 0 Å². The highest BCUT2D eigenvalue weighted by Gasteiger charge is 2.18. The standard InChI is InChI=1S/C25H24N2O3S/c1-16-8-11-18(12-9-16)31(28)27-22-15-24(30-3)23(29-2)14-20(22)25-19-7-5-4-6-17(19)10-13-21(25)26/h4-15,27H,26H2,1-3H3. The van der Waals surface area contributed by atoms with E-state index >= 15 is 0 Å². The summed E-state index contributed by atoms with van der Waals surface area (Å²) in [5.41, 5.74) is 10.4. The lowest BCUT2D eigenvalue weighted by atomic mass is 9.95. The van der Waals surface area contributed by atoms with E-state index < -0.39 is 11.0 Å². The van der Waals surface area contributed by atoms with Crippen LogP contribution in [0, 0.1) is 6.92 Å². The minimum absolute atomic E-state index is 0.536. The number of methoxy groups -OCH3 is 2. The Kier molecular flexibility index (Phi) is 5.82. The Labute approximate surface area is 184 Å². The molecule has 4 rings (SSSR count). The Bertz CT molecular complexity index is 1270. The van der Waals surface area contributed by atoms with Crippen molar-refractivity contribution < 1.29 is 13.7 Å². The van der Waals surface area contributed by atoms with Gasteiger partial charge in [0.2, 0.25) is 0 Å². The van der Waals surface area contributed by atoms with E-state index in [0.29, 0.717) is 27.8 Å². The quantitative estimate of drug-likeness (QED) is 0.392. The van der Waals surface area contributed by atoms with E-state index in [2.05, 4.69) is 4.72 Å². The first-order valence-electron chi connectivity index (χ1n) is 9.80. The zero-order valence-electron chi connectivity index (χ0n) is 17.6. The highest BCUT2D eigenvalue weighted by Crippen LogP contribution is 2.43. The van der Waals surface area contributed by atoms with Crippen LogP contribution in [0.5, 0.6) is 11.5 Å². The molecule has 0 amide bonds. The molecule has 0 fully saturated rings. The molecule has 6 heteroatoms. The summed E-state index contributed by atoms with van der Waals surface area (Å²) in [6.07, 6.45) is 0. The van der Waals surface area contributed by atoms with E-state index in [1.165, 1.54) is 0 Å². The van der Waals surface area contributed by atoms with Gasteiger partial charge in [0.15, 0.2) is 11.5 Å². The molecule has 0 spiro atoms. The van der Waals surface area contributed by atoms with Crippen molar-refractivity contribution in [2.24, 2.45) is 0 Å². The highest BCUT2D eigenvalue weighted by atomic mass is 32.2. The Morgan fingerprint density at radius 2 is 1.55 bits per heavy atom. The van der Waals surface area contributed by atoms with Gasteiger partial charge >= 0.3 is 0 Å². The maximum absolute atomic E-state index is 13.1. The first-order valence-corrected chi connectivity index (χ1v) is 11.0. The van der Waals surface area contributed by atoms with E-state index in [1.807, 2.05) is 73.7 Å². The summed E-state index contributed by atoms with van der Waals surface area (Å²) in [5, 5.41) is 2.06. The van der Waals surface area contributed by atoms with E-state index in [-0.39, 0.29) is 0 Å². The Balaban J connectivity index is 1.91. The van der Waals surface area contributed by atoms with E-state index in [1.54, 1.807) is 20.3 Å². The Morgan fingerprint density at radius 3 is 2.26 bits per heavy atom. The average molecular weight is 433 g/mol. The Hall–Kier alpha value is -3.51. The minimum Gasteiger partial charge on any atom is -0.493 e. The number of anilines is 2. The van der Waals surface area contributed by atoms with Crippen molar-refractivity contribution in [3.8, 4) is 22.6 Å². The highest BCUT2D eigenvalue weighted by molar-refractivity contribution is 7.86. The van der Waals surface area contributed by atoms with Crippen LogP contribution in [0.4, 0.5) is 11.4 Å². The van der Waals surface area contributed by atoms with Gasteiger partial charge in [-0.3, -0.25) is 0 Å². The molecule has 4 aromatic rings. The molecule has 0 bridgehead atoms. The van der Waals surface area contributed by atoms with E-state index in [9.17, 15) is 4.21 Å². The van der Waals surface area contributed by atoms with Crippen molar-refractivity contribution in [3.63, 3.8) is 0 Å². The normalized spacial score (nSPS) is 11.8. The number of rotatable bonds is 6. The van der Waals surface area contributed by atoms with Gasteiger partial charge in [-0.05, 0) is 42.0 Å². The first kappa shape index (κ1) is 20.8. The van der Waals surface area contributed by atoms with Gasteiger partial charge in [-0.15, -0.1) is 0 Å². The summed E-state index contributed by atoms with van der Waals surface area (Å²) in [6, 6.07) is 23.1. The Morgan fingerprint density at radius 1 is 0.871 bits per heavy atom. The second-order valence-electron chi connectivity index (χ2n) is 7.19. The molecule has 0 saturated carbocycles. The second-order valence-corrected chi connectivity index (χ2v) is 8.40. The molecule has 31 heavy (non-hydrogen) atoms. The molecule has 0 aliphatic rings. The number of ether oxygens (including phenoxy) is 2. The summed E-state index contributed by atoms with van der Waals surface area (Å²) in [4.78, 5) is 0.678. The van der Waals surface area contributed by atoms with Gasteiger partial charge in [-0.1, -0.05) is 48.0 Å². The zero-order chi connectivity index (χ0) is 22.0. The van der Waals surface area contributed by atoms with Gasteiger partial charge in [0.05, 0.1) is 24.8 Å². The molecule has 0 aliphatic heterocycles. The molecule has 4 aromatic carbocycles. The van der Waals surface area contributed by atoms with Crippen molar-refractivity contribution in [2.45, 2.75) is 11.8 Å². The molecule has 3 N–H and O–H groups in total. The van der Waals surface area contributed by atoms with Gasteiger partial charge in [0.25, 0.3) is 0 Å². The van der Waals surface area contributed by atoms with Crippen molar-refractivity contribution in [1.29, 1.82) is 0 Å². The van der Waals surface area contributed by atoms with Crippen LogP contribution < -0.4 is 19.9 Å². The summed E-state index contributed by atoms with van der Waals surface area (Å²) in [5.74, 6) is 1.10. The first-order chi connectivity index (χ1) is 15.0. The largest absolute Gasteiger partial charge is 0.493 e. The molecule has 1 unspecified atom stereocenters. The smallest absolute Gasteiger partial charge is 0.162 e. The zero-order valence-corrected chi connectivity index (χ0v) is 18.5. The number of aryl methyl sites for hydroxylation is 1. The van der Waals surface area contributed by atoms with Crippen molar-refractivity contribution in [1.82, 2.24) is 0 Å². The lowest BCUT2D eigenvalue weighted by Gasteiger charge is -2.19. The van der Waals surface area contributed by atoms with Gasteiger partial charge in [-0.25, -0.2) is 4.21 Å².